The van der Waals surface area contributed by atoms with E-state index in [4.69, 9.17) is 0 Å². The molecule has 0 N–H and O–H groups in total. The number of alkyl halides is 1. The van der Waals surface area contributed by atoms with Gasteiger partial charge in [-0.25, -0.2) is 4.98 Å². The molecule has 1 heterocycles. The van der Waals surface area contributed by atoms with Gasteiger partial charge in [0.2, 0.25) is 0 Å². The zero-order valence-electron chi connectivity index (χ0n) is 9.44. The molecule has 0 aliphatic carbocycles. The molecule has 0 aliphatic rings. The van der Waals surface area contributed by atoms with Gasteiger partial charge in [0, 0.05) is 22.2 Å². The molecule has 0 spiro atoms. The molecule has 2 nitrogen and oxygen atoms in total. The highest BCUT2D eigenvalue weighted by Gasteiger charge is 2.16. The summed E-state index contributed by atoms with van der Waals surface area (Å²) < 4.78 is 0. The topological polar surface area (TPSA) is 30.0 Å². The van der Waals surface area contributed by atoms with Gasteiger partial charge in [-0.2, -0.15) is 0 Å². The molecule has 0 fully saturated rings. The van der Waals surface area contributed by atoms with E-state index < -0.39 is 0 Å². The van der Waals surface area contributed by atoms with Gasteiger partial charge in [0.05, 0.1) is 0 Å². The Morgan fingerprint density at radius 1 is 1.35 bits per heavy atom. The van der Waals surface area contributed by atoms with Crippen LogP contribution in [0.3, 0.4) is 0 Å². The van der Waals surface area contributed by atoms with Crippen molar-refractivity contribution in [1.29, 1.82) is 0 Å². The van der Waals surface area contributed by atoms with Crippen LogP contribution in [0, 0.1) is 0 Å². The first-order chi connectivity index (χ1) is 8.26. The standard InChI is InChI=1S/C13H12BrNOS/c1-2-10(16)12-11(8-14)17-13(15-12)9-6-4-3-5-7-9/h3-7H,2,8H2,1H3. The van der Waals surface area contributed by atoms with Crippen LogP contribution in [0.4, 0.5) is 0 Å². The summed E-state index contributed by atoms with van der Waals surface area (Å²) in [5, 5.41) is 1.59. The van der Waals surface area contributed by atoms with Crippen LogP contribution in [-0.4, -0.2) is 10.8 Å². The first-order valence-corrected chi connectivity index (χ1v) is 7.34. The van der Waals surface area contributed by atoms with Crippen molar-refractivity contribution < 1.29 is 4.79 Å². The molecule has 0 unspecified atom stereocenters. The monoisotopic (exact) mass is 309 g/mol. The summed E-state index contributed by atoms with van der Waals surface area (Å²) in [6, 6.07) is 9.95. The van der Waals surface area contributed by atoms with Crippen LogP contribution in [0.5, 0.6) is 0 Å². The minimum absolute atomic E-state index is 0.109. The molecule has 0 amide bonds. The van der Waals surface area contributed by atoms with E-state index in [9.17, 15) is 4.79 Å². The van der Waals surface area contributed by atoms with E-state index in [1.54, 1.807) is 11.3 Å². The van der Waals surface area contributed by atoms with Crippen LogP contribution in [0.25, 0.3) is 10.6 Å². The number of carbonyl (C=O) groups is 1. The fraction of sp³-hybridized carbons (Fsp3) is 0.231. The van der Waals surface area contributed by atoms with Gasteiger partial charge in [0.25, 0.3) is 0 Å². The number of halogens is 1. The number of hydrogen-bond acceptors (Lipinski definition) is 3. The van der Waals surface area contributed by atoms with Crippen molar-refractivity contribution in [3.8, 4) is 10.6 Å². The lowest BCUT2D eigenvalue weighted by molar-refractivity contribution is 0.0983. The van der Waals surface area contributed by atoms with Crippen LogP contribution >= 0.6 is 27.3 Å². The van der Waals surface area contributed by atoms with Crippen LogP contribution < -0.4 is 0 Å². The number of benzene rings is 1. The van der Waals surface area contributed by atoms with E-state index in [0.717, 1.165) is 15.4 Å². The minimum atomic E-state index is 0.109. The number of carbonyl (C=O) groups excluding carboxylic acids is 1. The first kappa shape index (κ1) is 12.5. The smallest absolute Gasteiger partial charge is 0.182 e. The van der Waals surface area contributed by atoms with Gasteiger partial charge in [0.1, 0.15) is 10.7 Å². The Labute approximate surface area is 113 Å². The Balaban J connectivity index is 2.45. The van der Waals surface area contributed by atoms with E-state index in [2.05, 4.69) is 20.9 Å². The summed E-state index contributed by atoms with van der Waals surface area (Å²) in [6.45, 7) is 1.86. The third-order valence-electron chi connectivity index (χ3n) is 2.42. The van der Waals surface area contributed by atoms with Crippen molar-refractivity contribution in [2.24, 2.45) is 0 Å². The summed E-state index contributed by atoms with van der Waals surface area (Å²) in [4.78, 5) is 17.2. The number of Topliss-reactive ketones (excluding diaryl/α,β-unsaturated/α-hetero) is 1. The zero-order chi connectivity index (χ0) is 12.3. The quantitative estimate of drug-likeness (QED) is 0.622. The SMILES string of the molecule is CCC(=O)c1nc(-c2ccccc2)sc1CBr. The average molecular weight is 310 g/mol. The second-order valence-corrected chi connectivity index (χ2v) is 5.21. The highest BCUT2D eigenvalue weighted by atomic mass is 79.9. The van der Waals surface area contributed by atoms with E-state index in [-0.39, 0.29) is 5.78 Å². The molecule has 2 aromatic rings. The van der Waals surface area contributed by atoms with Crippen LogP contribution in [0.15, 0.2) is 30.3 Å². The lowest BCUT2D eigenvalue weighted by atomic mass is 10.2. The molecule has 2 rings (SSSR count). The van der Waals surface area contributed by atoms with E-state index in [1.807, 2.05) is 37.3 Å². The van der Waals surface area contributed by atoms with E-state index >= 15 is 0 Å². The molecule has 0 bridgehead atoms. The Morgan fingerprint density at radius 3 is 2.65 bits per heavy atom. The van der Waals surface area contributed by atoms with Crippen molar-refractivity contribution in [1.82, 2.24) is 4.98 Å². The molecule has 88 valence electrons. The van der Waals surface area contributed by atoms with Gasteiger partial charge >= 0.3 is 0 Å². The molecule has 0 atom stereocenters. The van der Waals surface area contributed by atoms with Gasteiger partial charge < -0.3 is 0 Å². The molecule has 0 saturated carbocycles. The third-order valence-corrected chi connectivity index (χ3v) is 4.46. The lowest BCUT2D eigenvalue weighted by Crippen LogP contribution is -1.99. The Kier molecular flexibility index (Phi) is 4.07. The summed E-state index contributed by atoms with van der Waals surface area (Å²) in [5.74, 6) is 0.109. The van der Waals surface area contributed by atoms with Crippen molar-refractivity contribution >= 4 is 33.0 Å². The maximum atomic E-state index is 11.8. The van der Waals surface area contributed by atoms with Crippen molar-refractivity contribution in [2.75, 3.05) is 0 Å². The summed E-state index contributed by atoms with van der Waals surface area (Å²) in [7, 11) is 0. The Morgan fingerprint density at radius 2 is 2.06 bits per heavy atom. The van der Waals surface area contributed by atoms with Crippen LogP contribution in [-0.2, 0) is 5.33 Å². The Bertz CT molecular complexity index is 521. The summed E-state index contributed by atoms with van der Waals surface area (Å²) in [6.07, 6.45) is 0.498. The summed E-state index contributed by atoms with van der Waals surface area (Å²) >= 11 is 4.99. The molecule has 17 heavy (non-hydrogen) atoms. The second-order valence-electron chi connectivity index (χ2n) is 3.57. The maximum absolute atomic E-state index is 11.8. The molecule has 0 saturated heterocycles. The number of nitrogens with zero attached hydrogens (tertiary/aromatic N) is 1. The van der Waals surface area contributed by atoms with Crippen LogP contribution in [0.2, 0.25) is 0 Å². The summed E-state index contributed by atoms with van der Waals surface area (Å²) in [5.41, 5.74) is 1.68. The fourth-order valence-electron chi connectivity index (χ4n) is 1.53. The number of rotatable bonds is 4. The number of aromatic nitrogens is 1. The number of ketones is 1. The molecule has 0 aliphatic heterocycles. The fourth-order valence-corrected chi connectivity index (χ4v) is 3.08. The molecule has 0 radical (unpaired) electrons. The molecule has 1 aromatic carbocycles. The average Bonchev–Trinajstić information content (AvgIpc) is 2.83. The van der Waals surface area contributed by atoms with Gasteiger partial charge in [-0.1, -0.05) is 53.2 Å². The van der Waals surface area contributed by atoms with Gasteiger partial charge in [-0.3, -0.25) is 4.79 Å². The number of thiazole rings is 1. The zero-order valence-corrected chi connectivity index (χ0v) is 11.8. The normalized spacial score (nSPS) is 10.5. The highest BCUT2D eigenvalue weighted by molar-refractivity contribution is 9.08. The van der Waals surface area contributed by atoms with Gasteiger partial charge in [-0.05, 0) is 0 Å². The van der Waals surface area contributed by atoms with E-state index in [0.29, 0.717) is 17.4 Å². The third kappa shape index (κ3) is 2.64. The molecular weight excluding hydrogens is 298 g/mol. The lowest BCUT2D eigenvalue weighted by Gasteiger charge is -1.94. The molecule has 1 aromatic heterocycles. The predicted molar refractivity (Wildman–Crippen MR) is 74.8 cm³/mol. The number of hydrogen-bond donors (Lipinski definition) is 0. The highest BCUT2D eigenvalue weighted by Crippen LogP contribution is 2.30. The van der Waals surface area contributed by atoms with Gasteiger partial charge in [-0.15, -0.1) is 11.3 Å². The first-order valence-electron chi connectivity index (χ1n) is 5.40. The second kappa shape index (κ2) is 5.56. The molecular formula is C13H12BrNOS. The van der Waals surface area contributed by atoms with Crippen molar-refractivity contribution in [3.63, 3.8) is 0 Å². The predicted octanol–water partition coefficient (Wildman–Crippen LogP) is 4.30. The van der Waals surface area contributed by atoms with Crippen molar-refractivity contribution in [2.45, 2.75) is 18.7 Å². The molecule has 4 heteroatoms. The van der Waals surface area contributed by atoms with Crippen molar-refractivity contribution in [3.05, 3.63) is 40.9 Å². The largest absolute Gasteiger partial charge is 0.292 e. The van der Waals surface area contributed by atoms with Gasteiger partial charge in [0.15, 0.2) is 5.78 Å². The minimum Gasteiger partial charge on any atom is -0.292 e. The Hall–Kier alpha value is -1.00. The van der Waals surface area contributed by atoms with Crippen LogP contribution in [0.1, 0.15) is 28.7 Å². The van der Waals surface area contributed by atoms with E-state index in [1.165, 1.54) is 0 Å². The maximum Gasteiger partial charge on any atom is 0.182 e.